The molecule has 1 aromatic rings. The van der Waals surface area contributed by atoms with Crippen molar-refractivity contribution in [3.05, 3.63) is 23.4 Å². The Morgan fingerprint density at radius 3 is 2.83 bits per heavy atom. The van der Waals surface area contributed by atoms with E-state index in [1.807, 2.05) is 0 Å². The van der Waals surface area contributed by atoms with E-state index in [2.05, 4.69) is 15.0 Å². The summed E-state index contributed by atoms with van der Waals surface area (Å²) in [5.41, 5.74) is 0.589. The van der Waals surface area contributed by atoms with Crippen LogP contribution in [0.5, 0.6) is 0 Å². The minimum Gasteiger partial charge on any atom is -0.430 e. The van der Waals surface area contributed by atoms with Gasteiger partial charge in [-0.25, -0.2) is 9.37 Å². The van der Waals surface area contributed by atoms with Gasteiger partial charge in [0.25, 0.3) is 5.22 Å². The van der Waals surface area contributed by atoms with Crippen LogP contribution in [-0.4, -0.2) is 24.1 Å². The second kappa shape index (κ2) is 7.10. The predicted octanol–water partition coefficient (Wildman–Crippen LogP) is 3.52. The van der Waals surface area contributed by atoms with Crippen LogP contribution < -0.4 is 0 Å². The van der Waals surface area contributed by atoms with Gasteiger partial charge in [0.2, 0.25) is 0 Å². The zero-order valence-corrected chi connectivity index (χ0v) is 10.6. The van der Waals surface area contributed by atoms with E-state index in [0.717, 1.165) is 11.8 Å². The second-order valence-electron chi connectivity index (χ2n) is 3.11. The van der Waals surface area contributed by atoms with Gasteiger partial charge in [0.05, 0.1) is 5.69 Å². The van der Waals surface area contributed by atoms with Crippen LogP contribution in [0.3, 0.4) is 0 Å². The standard InChI is InChI=1S/C10H11F3N2O2S/c1-6-8(5-14-16-2)17-10(15-6)18-4-3-7(11)9(12)13/h5H,3-4H2,1-2H3/b14-5+. The van der Waals surface area contributed by atoms with E-state index in [1.165, 1.54) is 13.3 Å². The molecule has 0 fully saturated rings. The van der Waals surface area contributed by atoms with Crippen LogP contribution in [0.25, 0.3) is 0 Å². The van der Waals surface area contributed by atoms with Crippen LogP contribution in [0, 0.1) is 6.92 Å². The van der Waals surface area contributed by atoms with Crippen LogP contribution in [0.15, 0.2) is 26.7 Å². The minimum atomic E-state index is -2.29. The van der Waals surface area contributed by atoms with Crippen molar-refractivity contribution in [2.75, 3.05) is 12.9 Å². The van der Waals surface area contributed by atoms with Crippen molar-refractivity contribution < 1.29 is 22.4 Å². The highest BCUT2D eigenvalue weighted by Gasteiger charge is 2.10. The topological polar surface area (TPSA) is 47.6 Å². The molecule has 0 bridgehead atoms. The van der Waals surface area contributed by atoms with E-state index in [9.17, 15) is 13.2 Å². The fraction of sp³-hybridized carbons (Fsp3) is 0.400. The summed E-state index contributed by atoms with van der Waals surface area (Å²) in [4.78, 5) is 8.51. The molecule has 0 radical (unpaired) electrons. The summed E-state index contributed by atoms with van der Waals surface area (Å²) < 4.78 is 41.3. The molecule has 4 nitrogen and oxygen atoms in total. The molecule has 0 spiro atoms. The number of oxazole rings is 1. The zero-order chi connectivity index (χ0) is 13.5. The maximum atomic E-state index is 12.5. The highest BCUT2D eigenvalue weighted by atomic mass is 32.2. The summed E-state index contributed by atoms with van der Waals surface area (Å²) in [7, 11) is 1.39. The quantitative estimate of drug-likeness (QED) is 0.454. The molecule has 0 aliphatic rings. The van der Waals surface area contributed by atoms with E-state index in [-0.39, 0.29) is 17.4 Å². The molecule has 0 aliphatic carbocycles. The molecule has 0 aromatic carbocycles. The zero-order valence-electron chi connectivity index (χ0n) is 9.74. The van der Waals surface area contributed by atoms with E-state index in [1.54, 1.807) is 6.92 Å². The molecular formula is C10H11F3N2O2S. The van der Waals surface area contributed by atoms with Crippen LogP contribution in [0.2, 0.25) is 0 Å². The molecule has 0 saturated heterocycles. The van der Waals surface area contributed by atoms with Crippen LogP contribution in [-0.2, 0) is 4.84 Å². The lowest BCUT2D eigenvalue weighted by Gasteiger charge is -1.94. The number of nitrogens with zero attached hydrogens (tertiary/aromatic N) is 2. The van der Waals surface area contributed by atoms with E-state index in [0.29, 0.717) is 11.5 Å². The number of thioether (sulfide) groups is 1. The van der Waals surface area contributed by atoms with Gasteiger partial charge in [-0.05, 0) is 6.92 Å². The monoisotopic (exact) mass is 280 g/mol. The molecule has 1 aromatic heterocycles. The van der Waals surface area contributed by atoms with E-state index in [4.69, 9.17) is 4.42 Å². The van der Waals surface area contributed by atoms with Crippen molar-refractivity contribution in [2.45, 2.75) is 18.6 Å². The summed E-state index contributed by atoms with van der Waals surface area (Å²) in [5, 5.41) is 3.79. The van der Waals surface area contributed by atoms with Gasteiger partial charge in [-0.15, -0.1) is 0 Å². The highest BCUT2D eigenvalue weighted by Crippen LogP contribution is 2.23. The number of aryl methyl sites for hydroxylation is 1. The first-order chi connectivity index (χ1) is 8.54. The van der Waals surface area contributed by atoms with Crippen LogP contribution >= 0.6 is 11.8 Å². The lowest BCUT2D eigenvalue weighted by molar-refractivity contribution is 0.214. The van der Waals surface area contributed by atoms with Crippen molar-refractivity contribution in [3.8, 4) is 0 Å². The Balaban J connectivity index is 2.54. The van der Waals surface area contributed by atoms with Gasteiger partial charge in [0.1, 0.15) is 13.3 Å². The lowest BCUT2D eigenvalue weighted by Crippen LogP contribution is -1.83. The number of oxime groups is 1. The number of allylic oxidation sites excluding steroid dienone is 1. The Kier molecular flexibility index (Phi) is 5.76. The molecule has 0 saturated carbocycles. The average Bonchev–Trinajstić information content (AvgIpc) is 2.67. The molecule has 18 heavy (non-hydrogen) atoms. The summed E-state index contributed by atoms with van der Waals surface area (Å²) in [5.74, 6) is -0.886. The molecule has 0 aliphatic heterocycles. The molecule has 1 rings (SSSR count). The number of hydrogen-bond acceptors (Lipinski definition) is 5. The maximum absolute atomic E-state index is 12.5. The minimum absolute atomic E-state index is 0.115. The number of halogens is 3. The maximum Gasteiger partial charge on any atom is 0.301 e. The fourth-order valence-corrected chi connectivity index (χ4v) is 1.79. The van der Waals surface area contributed by atoms with Gasteiger partial charge < -0.3 is 9.25 Å². The first-order valence-corrected chi connectivity index (χ1v) is 5.89. The Bertz CT molecular complexity index is 456. The largest absolute Gasteiger partial charge is 0.430 e. The van der Waals surface area contributed by atoms with Crippen molar-refractivity contribution in [3.63, 3.8) is 0 Å². The first-order valence-electron chi connectivity index (χ1n) is 4.91. The Labute approximate surface area is 106 Å². The van der Waals surface area contributed by atoms with Crippen molar-refractivity contribution >= 4 is 18.0 Å². The first kappa shape index (κ1) is 14.6. The Morgan fingerprint density at radius 1 is 1.50 bits per heavy atom. The molecular weight excluding hydrogens is 269 g/mol. The third-order valence-electron chi connectivity index (χ3n) is 1.84. The molecule has 1 heterocycles. The Morgan fingerprint density at radius 2 is 2.22 bits per heavy atom. The second-order valence-corrected chi connectivity index (χ2v) is 4.16. The average molecular weight is 280 g/mol. The van der Waals surface area contributed by atoms with E-state index < -0.39 is 11.9 Å². The van der Waals surface area contributed by atoms with Crippen LogP contribution in [0.4, 0.5) is 13.2 Å². The fourth-order valence-electron chi connectivity index (χ4n) is 0.987. The molecule has 0 amide bonds. The highest BCUT2D eigenvalue weighted by molar-refractivity contribution is 7.99. The smallest absolute Gasteiger partial charge is 0.301 e. The Hall–Kier alpha value is -1.44. The summed E-state index contributed by atoms with van der Waals surface area (Å²) in [6, 6.07) is 0. The van der Waals surface area contributed by atoms with E-state index >= 15 is 0 Å². The molecule has 0 unspecified atom stereocenters. The summed E-state index contributed by atoms with van der Waals surface area (Å²) in [6.45, 7) is 1.70. The number of aromatic nitrogens is 1. The third-order valence-corrected chi connectivity index (χ3v) is 2.67. The van der Waals surface area contributed by atoms with Gasteiger partial charge in [-0.2, -0.15) is 8.78 Å². The predicted molar refractivity (Wildman–Crippen MR) is 61.5 cm³/mol. The van der Waals surface area contributed by atoms with Crippen LogP contribution in [0.1, 0.15) is 17.9 Å². The third kappa shape index (κ3) is 4.44. The van der Waals surface area contributed by atoms with Gasteiger partial charge in [-0.1, -0.05) is 16.9 Å². The van der Waals surface area contributed by atoms with Gasteiger partial charge in [0, 0.05) is 12.2 Å². The SMILES string of the molecule is CO/N=C/c1oc(SCCC(F)=C(F)F)nc1C. The molecule has 0 atom stereocenters. The number of hydrogen-bond donors (Lipinski definition) is 0. The van der Waals surface area contributed by atoms with Gasteiger partial charge in [-0.3, -0.25) is 0 Å². The van der Waals surface area contributed by atoms with Crippen molar-refractivity contribution in [1.82, 2.24) is 4.98 Å². The molecule has 0 N–H and O–H groups in total. The van der Waals surface area contributed by atoms with Crippen molar-refractivity contribution in [2.24, 2.45) is 5.16 Å². The molecule has 8 heteroatoms. The van der Waals surface area contributed by atoms with Gasteiger partial charge in [0.15, 0.2) is 11.6 Å². The molecule has 100 valence electrons. The number of rotatable bonds is 6. The summed E-state index contributed by atoms with van der Waals surface area (Å²) in [6.07, 6.45) is -1.31. The normalized spacial score (nSPS) is 10.9. The van der Waals surface area contributed by atoms with Crippen molar-refractivity contribution in [1.29, 1.82) is 0 Å². The lowest BCUT2D eigenvalue weighted by atomic mass is 10.4. The summed E-state index contributed by atoms with van der Waals surface area (Å²) >= 11 is 1.05. The van der Waals surface area contributed by atoms with Gasteiger partial charge >= 0.3 is 6.08 Å².